The third-order valence-electron chi connectivity index (χ3n) is 2.42. The summed E-state index contributed by atoms with van der Waals surface area (Å²) in [7, 11) is 1.81. The Morgan fingerprint density at radius 2 is 2.12 bits per heavy atom. The Bertz CT molecular complexity index is 381. The molecule has 5 nitrogen and oxygen atoms in total. The number of carboxylic acid groups (broad SMARTS) is 1. The molecule has 0 radical (unpaired) electrons. The van der Waals surface area contributed by atoms with E-state index in [1.807, 2.05) is 13.1 Å². The number of benzene rings is 1. The molecule has 0 saturated carbocycles. The van der Waals surface area contributed by atoms with Gasteiger partial charge in [-0.25, -0.2) is 0 Å². The van der Waals surface area contributed by atoms with Gasteiger partial charge in [0.15, 0.2) is 0 Å². The summed E-state index contributed by atoms with van der Waals surface area (Å²) in [4.78, 5) is 10.4. The van der Waals surface area contributed by atoms with Crippen LogP contribution in [0.15, 0.2) is 24.3 Å². The fourth-order valence-electron chi connectivity index (χ4n) is 1.60. The molecule has 2 atom stereocenters. The Kier molecular flexibility index (Phi) is 5.09. The number of hydrogen-bond donors (Lipinski definition) is 4. The van der Waals surface area contributed by atoms with Gasteiger partial charge in [0.25, 0.3) is 0 Å². The lowest BCUT2D eigenvalue weighted by Crippen LogP contribution is -2.22. The number of hydrogen-bond acceptors (Lipinski definition) is 4. The standard InChI is InChI=1S/C12H17NO4/c1-13-7-8-3-2-4-9(5-8)12(17)10(14)6-11(15)16/h2-5,10,12-14,17H,6-7H2,1H3,(H,15,16). The van der Waals surface area contributed by atoms with E-state index in [9.17, 15) is 15.0 Å². The van der Waals surface area contributed by atoms with Crippen LogP contribution in [-0.4, -0.2) is 34.4 Å². The molecule has 1 aromatic carbocycles. The van der Waals surface area contributed by atoms with E-state index in [-0.39, 0.29) is 0 Å². The highest BCUT2D eigenvalue weighted by Crippen LogP contribution is 2.20. The highest BCUT2D eigenvalue weighted by Gasteiger charge is 2.21. The number of carboxylic acids is 1. The first kappa shape index (κ1) is 13.6. The number of nitrogens with one attached hydrogen (secondary N) is 1. The van der Waals surface area contributed by atoms with Crippen LogP contribution in [0, 0.1) is 0 Å². The van der Waals surface area contributed by atoms with Gasteiger partial charge >= 0.3 is 5.97 Å². The zero-order valence-electron chi connectivity index (χ0n) is 9.63. The molecule has 0 aliphatic heterocycles. The maximum Gasteiger partial charge on any atom is 0.306 e. The van der Waals surface area contributed by atoms with Crippen LogP contribution in [0.5, 0.6) is 0 Å². The van der Waals surface area contributed by atoms with Gasteiger partial charge in [-0.15, -0.1) is 0 Å². The van der Waals surface area contributed by atoms with Crippen molar-refractivity contribution in [1.82, 2.24) is 5.32 Å². The number of aliphatic hydroxyl groups is 2. The second kappa shape index (κ2) is 6.34. The molecule has 1 aromatic rings. The third-order valence-corrected chi connectivity index (χ3v) is 2.42. The summed E-state index contributed by atoms with van der Waals surface area (Å²) < 4.78 is 0. The van der Waals surface area contributed by atoms with Crippen LogP contribution >= 0.6 is 0 Å². The van der Waals surface area contributed by atoms with Crippen LogP contribution in [-0.2, 0) is 11.3 Å². The predicted molar refractivity (Wildman–Crippen MR) is 62.4 cm³/mol. The van der Waals surface area contributed by atoms with Crippen molar-refractivity contribution in [2.75, 3.05) is 7.05 Å². The zero-order valence-corrected chi connectivity index (χ0v) is 9.63. The average molecular weight is 239 g/mol. The van der Waals surface area contributed by atoms with Crippen LogP contribution in [0.4, 0.5) is 0 Å². The lowest BCUT2D eigenvalue weighted by atomic mass is 10.00. The molecule has 0 fully saturated rings. The molecule has 0 saturated heterocycles. The van der Waals surface area contributed by atoms with Crippen molar-refractivity contribution in [1.29, 1.82) is 0 Å². The van der Waals surface area contributed by atoms with E-state index < -0.39 is 24.6 Å². The summed E-state index contributed by atoms with van der Waals surface area (Å²) in [6, 6.07) is 7.05. The minimum absolute atomic E-state index is 0.475. The van der Waals surface area contributed by atoms with Crippen molar-refractivity contribution in [3.05, 3.63) is 35.4 Å². The largest absolute Gasteiger partial charge is 0.481 e. The summed E-state index contributed by atoms with van der Waals surface area (Å²) in [5.41, 5.74) is 1.48. The van der Waals surface area contributed by atoms with E-state index in [2.05, 4.69) is 5.32 Å². The van der Waals surface area contributed by atoms with Crippen molar-refractivity contribution in [3.63, 3.8) is 0 Å². The Balaban J connectivity index is 2.76. The van der Waals surface area contributed by atoms with Crippen LogP contribution < -0.4 is 5.32 Å². The molecule has 0 spiro atoms. The van der Waals surface area contributed by atoms with Crippen LogP contribution in [0.1, 0.15) is 23.7 Å². The highest BCUT2D eigenvalue weighted by molar-refractivity contribution is 5.67. The SMILES string of the molecule is CNCc1cccc(C(O)C(O)CC(=O)O)c1. The van der Waals surface area contributed by atoms with Gasteiger partial charge in [0.1, 0.15) is 6.10 Å². The summed E-state index contributed by atoms with van der Waals surface area (Å²) in [6.07, 6.45) is -2.95. The van der Waals surface area contributed by atoms with Crippen LogP contribution in [0.25, 0.3) is 0 Å². The molecule has 1 rings (SSSR count). The zero-order chi connectivity index (χ0) is 12.8. The fraction of sp³-hybridized carbons (Fsp3) is 0.417. The maximum absolute atomic E-state index is 10.4. The molecule has 4 N–H and O–H groups in total. The number of aliphatic carboxylic acids is 1. The molecule has 0 aliphatic carbocycles. The van der Waals surface area contributed by atoms with Crippen LogP contribution in [0.2, 0.25) is 0 Å². The molecule has 0 amide bonds. The second-order valence-corrected chi connectivity index (χ2v) is 3.89. The molecule has 2 unspecified atom stereocenters. The first-order chi connectivity index (χ1) is 8.04. The average Bonchev–Trinajstić information content (AvgIpc) is 2.28. The van der Waals surface area contributed by atoms with Crippen molar-refractivity contribution < 1.29 is 20.1 Å². The molecule has 94 valence electrons. The van der Waals surface area contributed by atoms with Gasteiger partial charge in [-0.3, -0.25) is 4.79 Å². The van der Waals surface area contributed by atoms with Gasteiger partial charge < -0.3 is 20.6 Å². The van der Waals surface area contributed by atoms with E-state index in [4.69, 9.17) is 5.11 Å². The Labute approximate surface area is 99.7 Å². The lowest BCUT2D eigenvalue weighted by Gasteiger charge is -2.17. The Morgan fingerprint density at radius 3 is 2.71 bits per heavy atom. The summed E-state index contributed by atoms with van der Waals surface area (Å²) in [5, 5.41) is 30.8. The predicted octanol–water partition coefficient (Wildman–Crippen LogP) is 0.275. The third kappa shape index (κ3) is 4.14. The normalized spacial score (nSPS) is 14.3. The minimum Gasteiger partial charge on any atom is -0.481 e. The first-order valence-corrected chi connectivity index (χ1v) is 5.36. The Morgan fingerprint density at radius 1 is 1.41 bits per heavy atom. The van der Waals surface area contributed by atoms with E-state index in [0.29, 0.717) is 12.1 Å². The second-order valence-electron chi connectivity index (χ2n) is 3.89. The van der Waals surface area contributed by atoms with E-state index in [0.717, 1.165) is 5.56 Å². The van der Waals surface area contributed by atoms with Gasteiger partial charge in [0.05, 0.1) is 12.5 Å². The summed E-state index contributed by atoms with van der Waals surface area (Å²) in [6.45, 7) is 0.648. The minimum atomic E-state index is -1.29. The molecule has 0 aliphatic rings. The van der Waals surface area contributed by atoms with E-state index in [1.54, 1.807) is 18.2 Å². The van der Waals surface area contributed by atoms with E-state index in [1.165, 1.54) is 0 Å². The van der Waals surface area contributed by atoms with Gasteiger partial charge in [0.2, 0.25) is 0 Å². The number of aliphatic hydroxyl groups excluding tert-OH is 2. The monoisotopic (exact) mass is 239 g/mol. The number of rotatable bonds is 6. The molecule has 5 heteroatoms. The van der Waals surface area contributed by atoms with Gasteiger partial charge in [0, 0.05) is 6.54 Å². The van der Waals surface area contributed by atoms with Crippen molar-refractivity contribution in [3.8, 4) is 0 Å². The van der Waals surface area contributed by atoms with Crippen molar-refractivity contribution in [2.24, 2.45) is 0 Å². The van der Waals surface area contributed by atoms with Gasteiger partial charge in [-0.2, -0.15) is 0 Å². The van der Waals surface area contributed by atoms with Crippen molar-refractivity contribution >= 4 is 5.97 Å². The lowest BCUT2D eigenvalue weighted by molar-refractivity contribution is -0.141. The molecule has 17 heavy (non-hydrogen) atoms. The number of carbonyl (C=O) groups is 1. The Hall–Kier alpha value is -1.43. The highest BCUT2D eigenvalue weighted by atomic mass is 16.4. The topological polar surface area (TPSA) is 89.8 Å². The quantitative estimate of drug-likeness (QED) is 0.572. The molecular weight excluding hydrogens is 222 g/mol. The smallest absolute Gasteiger partial charge is 0.306 e. The van der Waals surface area contributed by atoms with E-state index >= 15 is 0 Å². The first-order valence-electron chi connectivity index (χ1n) is 5.36. The molecule has 0 aromatic heterocycles. The summed E-state index contributed by atoms with van der Waals surface area (Å²) >= 11 is 0. The van der Waals surface area contributed by atoms with Gasteiger partial charge in [-0.1, -0.05) is 24.3 Å². The van der Waals surface area contributed by atoms with Crippen molar-refractivity contribution in [2.45, 2.75) is 25.2 Å². The van der Waals surface area contributed by atoms with Crippen LogP contribution in [0.3, 0.4) is 0 Å². The maximum atomic E-state index is 10.4. The summed E-state index contributed by atoms with van der Waals surface area (Å²) in [5.74, 6) is -1.14. The molecule has 0 bridgehead atoms. The fourth-order valence-corrected chi connectivity index (χ4v) is 1.60. The van der Waals surface area contributed by atoms with Gasteiger partial charge in [-0.05, 0) is 18.2 Å². The molecular formula is C12H17NO4. The molecule has 0 heterocycles.